The van der Waals surface area contributed by atoms with Crippen LogP contribution in [0.15, 0.2) is 0 Å². The SMILES string of the molecule is CC(=O)[C@@H]1C[C@@H](C(=O)O)C1(C)C. The van der Waals surface area contributed by atoms with E-state index in [4.69, 9.17) is 5.11 Å². The first-order valence-electron chi connectivity index (χ1n) is 4.10. The molecule has 0 heterocycles. The van der Waals surface area contributed by atoms with Crippen molar-refractivity contribution in [3.05, 3.63) is 0 Å². The average Bonchev–Trinajstić information content (AvgIpc) is 1.83. The van der Waals surface area contributed by atoms with E-state index in [0.717, 1.165) is 0 Å². The van der Waals surface area contributed by atoms with Crippen molar-refractivity contribution in [3.8, 4) is 0 Å². The van der Waals surface area contributed by atoms with Crippen LogP contribution in [-0.2, 0) is 9.59 Å². The fourth-order valence-corrected chi connectivity index (χ4v) is 2.03. The second-order valence-electron chi connectivity index (χ2n) is 4.11. The molecule has 1 aliphatic rings. The van der Waals surface area contributed by atoms with Crippen LogP contribution in [0.5, 0.6) is 0 Å². The molecule has 0 spiro atoms. The number of carboxylic acids is 1. The Morgan fingerprint density at radius 1 is 1.33 bits per heavy atom. The highest BCUT2D eigenvalue weighted by molar-refractivity contribution is 5.84. The van der Waals surface area contributed by atoms with Crippen molar-refractivity contribution in [3.63, 3.8) is 0 Å². The molecule has 0 aromatic heterocycles. The van der Waals surface area contributed by atoms with Gasteiger partial charge in [-0.1, -0.05) is 13.8 Å². The van der Waals surface area contributed by atoms with Crippen molar-refractivity contribution in [1.82, 2.24) is 0 Å². The molecule has 0 aromatic rings. The van der Waals surface area contributed by atoms with Gasteiger partial charge in [-0.15, -0.1) is 0 Å². The third-order valence-corrected chi connectivity index (χ3v) is 3.06. The lowest BCUT2D eigenvalue weighted by atomic mass is 9.53. The van der Waals surface area contributed by atoms with Gasteiger partial charge in [0, 0.05) is 5.92 Å². The monoisotopic (exact) mass is 170 g/mol. The number of hydrogen-bond acceptors (Lipinski definition) is 2. The van der Waals surface area contributed by atoms with E-state index >= 15 is 0 Å². The topological polar surface area (TPSA) is 54.4 Å². The number of hydrogen-bond donors (Lipinski definition) is 1. The molecule has 0 saturated heterocycles. The van der Waals surface area contributed by atoms with Crippen LogP contribution in [0.3, 0.4) is 0 Å². The summed E-state index contributed by atoms with van der Waals surface area (Å²) in [4.78, 5) is 21.7. The maximum Gasteiger partial charge on any atom is 0.307 e. The highest BCUT2D eigenvalue weighted by Gasteiger charge is 2.53. The van der Waals surface area contributed by atoms with Gasteiger partial charge < -0.3 is 5.11 Å². The summed E-state index contributed by atoms with van der Waals surface area (Å²) < 4.78 is 0. The molecule has 3 nitrogen and oxygen atoms in total. The molecule has 1 rings (SSSR count). The first-order chi connectivity index (χ1) is 5.37. The van der Waals surface area contributed by atoms with Crippen molar-refractivity contribution in [2.75, 3.05) is 0 Å². The molecule has 0 aliphatic heterocycles. The van der Waals surface area contributed by atoms with E-state index in [1.165, 1.54) is 6.92 Å². The lowest BCUT2D eigenvalue weighted by Gasteiger charge is -2.48. The van der Waals surface area contributed by atoms with Gasteiger partial charge in [-0.2, -0.15) is 0 Å². The van der Waals surface area contributed by atoms with Gasteiger partial charge in [0.2, 0.25) is 0 Å². The van der Waals surface area contributed by atoms with Crippen LogP contribution in [0.4, 0.5) is 0 Å². The Labute approximate surface area is 71.8 Å². The molecule has 0 radical (unpaired) electrons. The zero-order valence-electron chi connectivity index (χ0n) is 7.63. The van der Waals surface area contributed by atoms with Gasteiger partial charge in [-0.25, -0.2) is 0 Å². The van der Waals surface area contributed by atoms with E-state index in [1.54, 1.807) is 0 Å². The summed E-state index contributed by atoms with van der Waals surface area (Å²) in [6.45, 7) is 5.23. The Bertz CT molecular complexity index is 208. The number of ketones is 1. The molecule has 0 bridgehead atoms. The van der Waals surface area contributed by atoms with Crippen LogP contribution in [0.2, 0.25) is 0 Å². The Balaban J connectivity index is 2.72. The van der Waals surface area contributed by atoms with Crippen LogP contribution >= 0.6 is 0 Å². The molecular formula is C9H14O3. The first kappa shape index (κ1) is 9.23. The zero-order chi connectivity index (χ0) is 9.52. The summed E-state index contributed by atoms with van der Waals surface area (Å²) in [5.74, 6) is -1.07. The summed E-state index contributed by atoms with van der Waals surface area (Å²) in [5, 5.41) is 8.76. The predicted molar refractivity (Wildman–Crippen MR) is 43.7 cm³/mol. The maximum absolute atomic E-state index is 11.0. The Morgan fingerprint density at radius 3 is 2.08 bits per heavy atom. The molecule has 12 heavy (non-hydrogen) atoms. The lowest BCUT2D eigenvalue weighted by molar-refractivity contribution is -0.162. The van der Waals surface area contributed by atoms with Gasteiger partial charge in [0.15, 0.2) is 0 Å². The quantitative estimate of drug-likeness (QED) is 0.680. The minimum absolute atomic E-state index is 0.0569. The van der Waals surface area contributed by atoms with Crippen LogP contribution < -0.4 is 0 Å². The normalized spacial score (nSPS) is 32.2. The number of rotatable bonds is 2. The Hall–Kier alpha value is -0.860. The van der Waals surface area contributed by atoms with Crippen LogP contribution in [0, 0.1) is 17.3 Å². The van der Waals surface area contributed by atoms with Gasteiger partial charge >= 0.3 is 5.97 Å². The number of carbonyl (C=O) groups excluding carboxylic acids is 1. The van der Waals surface area contributed by atoms with E-state index in [9.17, 15) is 9.59 Å². The van der Waals surface area contributed by atoms with Crippen molar-refractivity contribution >= 4 is 11.8 Å². The van der Waals surface area contributed by atoms with Crippen LogP contribution in [-0.4, -0.2) is 16.9 Å². The Morgan fingerprint density at radius 2 is 1.83 bits per heavy atom. The van der Waals surface area contributed by atoms with E-state index in [-0.39, 0.29) is 23.0 Å². The fraction of sp³-hybridized carbons (Fsp3) is 0.778. The molecular weight excluding hydrogens is 156 g/mol. The molecule has 0 amide bonds. The minimum Gasteiger partial charge on any atom is -0.481 e. The molecule has 3 heteroatoms. The van der Waals surface area contributed by atoms with E-state index in [2.05, 4.69) is 0 Å². The van der Waals surface area contributed by atoms with Crippen molar-refractivity contribution in [2.24, 2.45) is 17.3 Å². The maximum atomic E-state index is 11.0. The molecule has 0 aromatic carbocycles. The molecule has 0 unspecified atom stereocenters. The molecule has 2 atom stereocenters. The smallest absolute Gasteiger partial charge is 0.307 e. The molecule has 1 aliphatic carbocycles. The second kappa shape index (κ2) is 2.57. The number of Topliss-reactive ketones (excluding diaryl/α,β-unsaturated/α-hetero) is 1. The standard InChI is InChI=1S/C9H14O3/c1-5(10)6-4-7(8(11)12)9(6,2)3/h6-7H,4H2,1-3H3,(H,11,12)/t6-,7-/m0/s1. The highest BCUT2D eigenvalue weighted by Crippen LogP contribution is 2.51. The zero-order valence-corrected chi connectivity index (χ0v) is 7.63. The first-order valence-corrected chi connectivity index (χ1v) is 4.10. The summed E-state index contributed by atoms with van der Waals surface area (Å²) in [6.07, 6.45) is 0.512. The van der Waals surface area contributed by atoms with Crippen molar-refractivity contribution in [2.45, 2.75) is 27.2 Å². The van der Waals surface area contributed by atoms with Crippen molar-refractivity contribution < 1.29 is 14.7 Å². The van der Waals surface area contributed by atoms with Gasteiger partial charge in [0.1, 0.15) is 5.78 Å². The Kier molecular flexibility index (Phi) is 1.98. The summed E-state index contributed by atoms with van der Waals surface area (Å²) in [7, 11) is 0. The summed E-state index contributed by atoms with van der Waals surface area (Å²) >= 11 is 0. The summed E-state index contributed by atoms with van der Waals surface area (Å²) in [6, 6.07) is 0. The van der Waals surface area contributed by atoms with Gasteiger partial charge in [-0.3, -0.25) is 9.59 Å². The summed E-state index contributed by atoms with van der Waals surface area (Å²) in [5.41, 5.74) is -0.350. The number of carbonyl (C=O) groups is 2. The average molecular weight is 170 g/mol. The number of carboxylic acid groups (broad SMARTS) is 1. The molecule has 68 valence electrons. The largest absolute Gasteiger partial charge is 0.481 e. The molecule has 1 N–H and O–H groups in total. The second-order valence-corrected chi connectivity index (χ2v) is 4.11. The third-order valence-electron chi connectivity index (χ3n) is 3.06. The van der Waals surface area contributed by atoms with Gasteiger partial charge in [0.05, 0.1) is 5.92 Å². The van der Waals surface area contributed by atoms with E-state index < -0.39 is 5.97 Å². The van der Waals surface area contributed by atoms with Gasteiger partial charge in [0.25, 0.3) is 0 Å². The van der Waals surface area contributed by atoms with Crippen LogP contribution in [0.1, 0.15) is 27.2 Å². The van der Waals surface area contributed by atoms with Gasteiger partial charge in [-0.05, 0) is 18.8 Å². The molecule has 1 fully saturated rings. The minimum atomic E-state index is -0.780. The highest BCUT2D eigenvalue weighted by atomic mass is 16.4. The number of aliphatic carboxylic acids is 1. The third kappa shape index (κ3) is 1.13. The van der Waals surface area contributed by atoms with Crippen LogP contribution in [0.25, 0.3) is 0 Å². The lowest BCUT2D eigenvalue weighted by Crippen LogP contribution is -2.51. The molecule has 1 saturated carbocycles. The van der Waals surface area contributed by atoms with E-state index in [1.807, 2.05) is 13.8 Å². The van der Waals surface area contributed by atoms with Crippen molar-refractivity contribution in [1.29, 1.82) is 0 Å². The predicted octanol–water partition coefficient (Wildman–Crippen LogP) is 1.32. The fourth-order valence-electron chi connectivity index (χ4n) is 2.03. The van der Waals surface area contributed by atoms with E-state index in [0.29, 0.717) is 6.42 Å².